The first kappa shape index (κ1) is 14.4. The summed E-state index contributed by atoms with van der Waals surface area (Å²) in [6.45, 7) is 0.879. The molecule has 4 heteroatoms. The van der Waals surface area contributed by atoms with E-state index in [0.717, 1.165) is 31.5 Å². The molecule has 100 valence electrons. The zero-order chi connectivity index (χ0) is 13.4. The van der Waals surface area contributed by atoms with Crippen molar-refractivity contribution in [1.82, 2.24) is 0 Å². The van der Waals surface area contributed by atoms with E-state index in [0.29, 0.717) is 0 Å². The number of anilines is 2. The fraction of sp³-hybridized carbons (Fsp3) is 0.500. The van der Waals surface area contributed by atoms with Gasteiger partial charge in [0.15, 0.2) is 0 Å². The monoisotopic (exact) mass is 250 g/mol. The van der Waals surface area contributed by atoms with Gasteiger partial charge in [-0.15, -0.1) is 0 Å². The molecule has 2 N–H and O–H groups in total. The van der Waals surface area contributed by atoms with Crippen LogP contribution in [0.15, 0.2) is 24.3 Å². The maximum absolute atomic E-state index is 10.4. The molecule has 1 aromatic rings. The van der Waals surface area contributed by atoms with Crippen LogP contribution in [0, 0.1) is 0 Å². The molecule has 0 amide bonds. The Balaban J connectivity index is 2.29. The maximum atomic E-state index is 10.4. The molecule has 0 unspecified atom stereocenters. The summed E-state index contributed by atoms with van der Waals surface area (Å²) in [4.78, 5) is 12.4. The number of para-hydroxylation sites is 2. The molecule has 0 fully saturated rings. The van der Waals surface area contributed by atoms with Crippen LogP contribution in [0.2, 0.25) is 0 Å². The lowest BCUT2D eigenvalue weighted by molar-refractivity contribution is -0.137. The van der Waals surface area contributed by atoms with Crippen LogP contribution in [0.3, 0.4) is 0 Å². The quantitative estimate of drug-likeness (QED) is 0.697. The standard InChI is InChI=1S/C14H22N2O2/c1-16(2)13-9-6-5-8-12(13)15-11-7-3-4-10-14(17)18/h5-6,8-9,15H,3-4,7,10-11H2,1-2H3,(H,17,18). The lowest BCUT2D eigenvalue weighted by Gasteiger charge is -2.18. The second-order valence-corrected chi connectivity index (χ2v) is 4.54. The largest absolute Gasteiger partial charge is 0.481 e. The van der Waals surface area contributed by atoms with Crippen LogP contribution >= 0.6 is 0 Å². The first-order valence-corrected chi connectivity index (χ1v) is 6.33. The van der Waals surface area contributed by atoms with Crippen LogP contribution in [-0.4, -0.2) is 31.7 Å². The van der Waals surface area contributed by atoms with E-state index in [4.69, 9.17) is 5.11 Å². The van der Waals surface area contributed by atoms with Gasteiger partial charge in [0.25, 0.3) is 0 Å². The molecule has 0 aliphatic heterocycles. The predicted molar refractivity (Wildman–Crippen MR) is 75.4 cm³/mol. The highest BCUT2D eigenvalue weighted by Gasteiger charge is 2.02. The Kier molecular flexibility index (Phi) is 6.05. The zero-order valence-electron chi connectivity index (χ0n) is 11.1. The molecule has 0 aliphatic rings. The number of nitrogens with one attached hydrogen (secondary N) is 1. The van der Waals surface area contributed by atoms with Crippen LogP contribution < -0.4 is 10.2 Å². The maximum Gasteiger partial charge on any atom is 0.303 e. The summed E-state index contributed by atoms with van der Waals surface area (Å²) in [5, 5.41) is 11.9. The van der Waals surface area contributed by atoms with Gasteiger partial charge in [0.1, 0.15) is 0 Å². The number of benzene rings is 1. The summed E-state index contributed by atoms with van der Waals surface area (Å²) in [6.07, 6.45) is 2.97. The molecular weight excluding hydrogens is 228 g/mol. The Labute approximate surface area is 109 Å². The van der Waals surface area contributed by atoms with E-state index < -0.39 is 5.97 Å². The first-order valence-electron chi connectivity index (χ1n) is 6.33. The van der Waals surface area contributed by atoms with Crippen molar-refractivity contribution in [3.8, 4) is 0 Å². The van der Waals surface area contributed by atoms with Crippen LogP contribution in [0.4, 0.5) is 11.4 Å². The fourth-order valence-corrected chi connectivity index (χ4v) is 1.81. The smallest absolute Gasteiger partial charge is 0.303 e. The Morgan fingerprint density at radius 2 is 1.94 bits per heavy atom. The van der Waals surface area contributed by atoms with Gasteiger partial charge in [-0.2, -0.15) is 0 Å². The molecule has 0 bridgehead atoms. The molecule has 0 aliphatic carbocycles. The molecule has 0 atom stereocenters. The molecule has 0 heterocycles. The molecular formula is C14H22N2O2. The Morgan fingerprint density at radius 1 is 1.22 bits per heavy atom. The summed E-state index contributed by atoms with van der Waals surface area (Å²) < 4.78 is 0. The van der Waals surface area contributed by atoms with Gasteiger partial charge in [0, 0.05) is 27.1 Å². The van der Waals surface area contributed by atoms with Crippen molar-refractivity contribution in [2.45, 2.75) is 25.7 Å². The molecule has 1 rings (SSSR count). The number of carbonyl (C=O) groups is 1. The summed E-state index contributed by atoms with van der Waals surface area (Å²) in [6, 6.07) is 8.17. The molecule has 1 aromatic carbocycles. The molecule has 4 nitrogen and oxygen atoms in total. The van der Waals surface area contributed by atoms with Crippen molar-refractivity contribution in [3.63, 3.8) is 0 Å². The van der Waals surface area contributed by atoms with Crippen molar-refractivity contribution in [1.29, 1.82) is 0 Å². The van der Waals surface area contributed by atoms with Gasteiger partial charge in [-0.05, 0) is 25.0 Å². The third-order valence-corrected chi connectivity index (χ3v) is 2.77. The van der Waals surface area contributed by atoms with E-state index in [1.807, 2.05) is 26.2 Å². The second-order valence-electron chi connectivity index (χ2n) is 4.54. The highest BCUT2D eigenvalue weighted by molar-refractivity contribution is 5.69. The number of hydrogen-bond acceptors (Lipinski definition) is 3. The predicted octanol–water partition coefficient (Wildman–Crippen LogP) is 2.81. The molecule has 0 aromatic heterocycles. The highest BCUT2D eigenvalue weighted by atomic mass is 16.4. The van der Waals surface area contributed by atoms with E-state index in [1.54, 1.807) is 0 Å². The third kappa shape index (κ3) is 5.08. The molecule has 18 heavy (non-hydrogen) atoms. The minimum Gasteiger partial charge on any atom is -0.481 e. The highest BCUT2D eigenvalue weighted by Crippen LogP contribution is 2.23. The number of carboxylic acids is 1. The van der Waals surface area contributed by atoms with Crippen molar-refractivity contribution < 1.29 is 9.90 Å². The van der Waals surface area contributed by atoms with E-state index in [9.17, 15) is 4.79 Å². The Bertz CT molecular complexity index is 378. The van der Waals surface area contributed by atoms with E-state index in [2.05, 4.69) is 22.3 Å². The van der Waals surface area contributed by atoms with Gasteiger partial charge in [-0.25, -0.2) is 0 Å². The van der Waals surface area contributed by atoms with Crippen LogP contribution in [0.1, 0.15) is 25.7 Å². The second kappa shape index (κ2) is 7.58. The van der Waals surface area contributed by atoms with Gasteiger partial charge in [-0.1, -0.05) is 18.6 Å². The molecule has 0 saturated carbocycles. The lowest BCUT2D eigenvalue weighted by Crippen LogP contribution is -2.12. The summed E-state index contributed by atoms with van der Waals surface area (Å²) in [7, 11) is 4.04. The van der Waals surface area contributed by atoms with Gasteiger partial charge in [0.05, 0.1) is 11.4 Å². The molecule has 0 radical (unpaired) electrons. The number of hydrogen-bond donors (Lipinski definition) is 2. The number of carboxylic acid groups (broad SMARTS) is 1. The fourth-order valence-electron chi connectivity index (χ4n) is 1.81. The van der Waals surface area contributed by atoms with Gasteiger partial charge >= 0.3 is 5.97 Å². The number of rotatable bonds is 8. The van der Waals surface area contributed by atoms with Crippen molar-refractivity contribution in [2.24, 2.45) is 0 Å². The SMILES string of the molecule is CN(C)c1ccccc1NCCCCCC(=O)O. The number of aliphatic carboxylic acids is 1. The normalized spacial score (nSPS) is 10.1. The Morgan fingerprint density at radius 3 is 2.61 bits per heavy atom. The van der Waals surface area contributed by atoms with Crippen molar-refractivity contribution >= 4 is 17.3 Å². The van der Waals surface area contributed by atoms with E-state index in [1.165, 1.54) is 5.69 Å². The molecule has 0 spiro atoms. The minimum atomic E-state index is -0.707. The summed E-state index contributed by atoms with van der Waals surface area (Å²) in [5.74, 6) is -0.707. The van der Waals surface area contributed by atoms with Gasteiger partial charge < -0.3 is 15.3 Å². The minimum absolute atomic E-state index is 0.272. The van der Waals surface area contributed by atoms with E-state index >= 15 is 0 Å². The average molecular weight is 250 g/mol. The average Bonchev–Trinajstić information content (AvgIpc) is 2.33. The van der Waals surface area contributed by atoms with E-state index in [-0.39, 0.29) is 6.42 Å². The summed E-state index contributed by atoms with van der Waals surface area (Å²) >= 11 is 0. The topological polar surface area (TPSA) is 52.6 Å². The van der Waals surface area contributed by atoms with Crippen LogP contribution in [-0.2, 0) is 4.79 Å². The third-order valence-electron chi connectivity index (χ3n) is 2.77. The van der Waals surface area contributed by atoms with Gasteiger partial charge in [-0.3, -0.25) is 4.79 Å². The number of nitrogens with zero attached hydrogens (tertiary/aromatic N) is 1. The zero-order valence-corrected chi connectivity index (χ0v) is 11.1. The molecule has 0 saturated heterocycles. The van der Waals surface area contributed by atoms with Crippen LogP contribution in [0.5, 0.6) is 0 Å². The Hall–Kier alpha value is -1.71. The van der Waals surface area contributed by atoms with Crippen molar-refractivity contribution in [2.75, 3.05) is 30.9 Å². The first-order chi connectivity index (χ1) is 8.61. The van der Waals surface area contributed by atoms with Gasteiger partial charge in [0.2, 0.25) is 0 Å². The number of unbranched alkanes of at least 4 members (excludes halogenated alkanes) is 2. The van der Waals surface area contributed by atoms with Crippen molar-refractivity contribution in [3.05, 3.63) is 24.3 Å². The van der Waals surface area contributed by atoms with Crippen LogP contribution in [0.25, 0.3) is 0 Å². The summed E-state index contributed by atoms with van der Waals surface area (Å²) in [5.41, 5.74) is 2.30. The lowest BCUT2D eigenvalue weighted by atomic mass is 10.2.